The first-order chi connectivity index (χ1) is 10.7. The van der Waals surface area contributed by atoms with Gasteiger partial charge in [0.05, 0.1) is 0 Å². The SMILES string of the molecule is O=C(O)/C=C/c1c(-c2ccccc2)sc2ccccc2c1=O. The summed E-state index contributed by atoms with van der Waals surface area (Å²) in [6.45, 7) is 0. The minimum absolute atomic E-state index is 0.147. The molecule has 0 aliphatic carbocycles. The number of benzene rings is 2. The lowest BCUT2D eigenvalue weighted by Crippen LogP contribution is -2.06. The number of rotatable bonds is 3. The van der Waals surface area contributed by atoms with E-state index in [4.69, 9.17) is 5.11 Å². The molecule has 0 bridgehead atoms. The van der Waals surface area contributed by atoms with Crippen LogP contribution in [0, 0.1) is 0 Å². The molecule has 0 saturated heterocycles. The standard InChI is InChI=1S/C18H12O3S/c19-16(20)11-10-14-17(21)13-8-4-5-9-15(13)22-18(14)12-6-2-1-3-7-12/h1-11H,(H,19,20)/b11-10+. The predicted molar refractivity (Wildman–Crippen MR) is 90.2 cm³/mol. The van der Waals surface area contributed by atoms with E-state index < -0.39 is 5.97 Å². The number of carboxylic acids is 1. The molecule has 0 fully saturated rings. The summed E-state index contributed by atoms with van der Waals surface area (Å²) in [5.74, 6) is -1.07. The van der Waals surface area contributed by atoms with Crippen LogP contribution in [0.4, 0.5) is 0 Å². The van der Waals surface area contributed by atoms with Gasteiger partial charge in [-0.25, -0.2) is 4.79 Å². The number of carboxylic acid groups (broad SMARTS) is 1. The van der Waals surface area contributed by atoms with Crippen molar-refractivity contribution in [2.75, 3.05) is 0 Å². The van der Waals surface area contributed by atoms with Crippen LogP contribution in [0.5, 0.6) is 0 Å². The summed E-state index contributed by atoms with van der Waals surface area (Å²) in [7, 11) is 0. The predicted octanol–water partition coefficient (Wildman–Crippen LogP) is 4.03. The summed E-state index contributed by atoms with van der Waals surface area (Å²) in [6.07, 6.45) is 2.39. The maximum Gasteiger partial charge on any atom is 0.328 e. The molecule has 0 aliphatic heterocycles. The molecule has 0 aliphatic rings. The van der Waals surface area contributed by atoms with Gasteiger partial charge in [-0.05, 0) is 23.8 Å². The molecular formula is C18H12O3S. The summed E-state index contributed by atoms with van der Waals surface area (Å²) in [4.78, 5) is 24.3. The third kappa shape index (κ3) is 2.69. The van der Waals surface area contributed by atoms with Crippen LogP contribution in [0.3, 0.4) is 0 Å². The zero-order valence-corrected chi connectivity index (χ0v) is 12.3. The van der Waals surface area contributed by atoms with Gasteiger partial charge in [0, 0.05) is 26.6 Å². The molecule has 22 heavy (non-hydrogen) atoms. The van der Waals surface area contributed by atoms with Crippen molar-refractivity contribution in [3.63, 3.8) is 0 Å². The van der Waals surface area contributed by atoms with Crippen molar-refractivity contribution in [1.29, 1.82) is 0 Å². The van der Waals surface area contributed by atoms with Crippen LogP contribution >= 0.6 is 11.3 Å². The van der Waals surface area contributed by atoms with Gasteiger partial charge in [0.15, 0.2) is 5.43 Å². The third-order valence-electron chi connectivity index (χ3n) is 3.26. The first-order valence-electron chi connectivity index (χ1n) is 6.69. The van der Waals surface area contributed by atoms with Crippen molar-refractivity contribution in [3.8, 4) is 10.4 Å². The average molecular weight is 308 g/mol. The number of aliphatic carboxylic acids is 1. The molecule has 3 rings (SSSR count). The maximum absolute atomic E-state index is 12.7. The lowest BCUT2D eigenvalue weighted by molar-refractivity contribution is -0.131. The van der Waals surface area contributed by atoms with Crippen molar-refractivity contribution < 1.29 is 9.90 Å². The number of hydrogen-bond acceptors (Lipinski definition) is 3. The van der Waals surface area contributed by atoms with E-state index in [0.717, 1.165) is 21.2 Å². The Morgan fingerprint density at radius 1 is 1.00 bits per heavy atom. The number of carbonyl (C=O) groups is 1. The first kappa shape index (κ1) is 14.2. The Balaban J connectivity index is 2.36. The summed E-state index contributed by atoms with van der Waals surface area (Å²) >= 11 is 1.49. The molecule has 0 atom stereocenters. The van der Waals surface area contributed by atoms with Gasteiger partial charge >= 0.3 is 5.97 Å². The lowest BCUT2D eigenvalue weighted by Gasteiger charge is -2.07. The van der Waals surface area contributed by atoms with E-state index in [1.807, 2.05) is 48.5 Å². The molecule has 0 spiro atoms. The van der Waals surface area contributed by atoms with Crippen LogP contribution in [-0.4, -0.2) is 11.1 Å². The zero-order chi connectivity index (χ0) is 15.5. The maximum atomic E-state index is 12.7. The second kappa shape index (κ2) is 5.95. The van der Waals surface area contributed by atoms with Crippen molar-refractivity contribution in [3.05, 3.63) is 76.5 Å². The van der Waals surface area contributed by atoms with Crippen LogP contribution in [0.15, 0.2) is 65.5 Å². The molecule has 1 N–H and O–H groups in total. The van der Waals surface area contributed by atoms with Crippen LogP contribution in [0.2, 0.25) is 0 Å². The molecule has 2 aromatic carbocycles. The fraction of sp³-hybridized carbons (Fsp3) is 0. The van der Waals surface area contributed by atoms with Crippen LogP contribution in [0.1, 0.15) is 5.56 Å². The van der Waals surface area contributed by atoms with Crippen LogP contribution in [0.25, 0.3) is 26.6 Å². The van der Waals surface area contributed by atoms with E-state index in [0.29, 0.717) is 10.9 Å². The van der Waals surface area contributed by atoms with Gasteiger partial charge in [-0.1, -0.05) is 42.5 Å². The van der Waals surface area contributed by atoms with Gasteiger partial charge in [-0.3, -0.25) is 4.79 Å². The highest BCUT2D eigenvalue weighted by molar-refractivity contribution is 7.21. The Kier molecular flexibility index (Phi) is 3.85. The first-order valence-corrected chi connectivity index (χ1v) is 7.51. The molecule has 0 amide bonds. The van der Waals surface area contributed by atoms with Crippen molar-refractivity contribution in [2.24, 2.45) is 0 Å². The van der Waals surface area contributed by atoms with Gasteiger partial charge in [0.25, 0.3) is 0 Å². The highest BCUT2D eigenvalue weighted by Crippen LogP contribution is 2.31. The molecule has 0 unspecified atom stereocenters. The highest BCUT2D eigenvalue weighted by atomic mass is 32.1. The van der Waals surface area contributed by atoms with Gasteiger partial charge in [0.1, 0.15) is 0 Å². The van der Waals surface area contributed by atoms with E-state index in [-0.39, 0.29) is 5.43 Å². The topological polar surface area (TPSA) is 54.4 Å². The normalized spacial score (nSPS) is 11.1. The zero-order valence-electron chi connectivity index (χ0n) is 11.5. The van der Waals surface area contributed by atoms with Crippen molar-refractivity contribution >= 4 is 33.5 Å². The summed E-state index contributed by atoms with van der Waals surface area (Å²) in [5, 5.41) is 9.46. The summed E-state index contributed by atoms with van der Waals surface area (Å²) < 4.78 is 0.888. The Bertz CT molecular complexity index is 924. The summed E-state index contributed by atoms with van der Waals surface area (Å²) in [5.41, 5.74) is 1.17. The van der Waals surface area contributed by atoms with E-state index in [9.17, 15) is 9.59 Å². The largest absolute Gasteiger partial charge is 0.478 e. The Labute approximate surface area is 130 Å². The van der Waals surface area contributed by atoms with E-state index >= 15 is 0 Å². The molecule has 1 aromatic heterocycles. The van der Waals surface area contributed by atoms with Crippen molar-refractivity contribution in [2.45, 2.75) is 0 Å². The summed E-state index contributed by atoms with van der Waals surface area (Å²) in [6, 6.07) is 16.9. The van der Waals surface area contributed by atoms with Gasteiger partial charge in [-0.2, -0.15) is 0 Å². The quantitative estimate of drug-likeness (QED) is 0.743. The monoisotopic (exact) mass is 308 g/mol. The molecule has 3 nitrogen and oxygen atoms in total. The molecule has 4 heteroatoms. The van der Waals surface area contributed by atoms with Gasteiger partial charge in [-0.15, -0.1) is 11.3 Å². The second-order valence-electron chi connectivity index (χ2n) is 4.71. The fourth-order valence-electron chi connectivity index (χ4n) is 2.27. The third-order valence-corrected chi connectivity index (χ3v) is 4.50. The van der Waals surface area contributed by atoms with Crippen LogP contribution < -0.4 is 5.43 Å². The molecule has 108 valence electrons. The minimum atomic E-state index is -1.07. The molecule has 0 radical (unpaired) electrons. The molecule has 3 aromatic rings. The second-order valence-corrected chi connectivity index (χ2v) is 5.76. The highest BCUT2D eigenvalue weighted by Gasteiger charge is 2.12. The minimum Gasteiger partial charge on any atom is -0.478 e. The fourth-order valence-corrected chi connectivity index (χ4v) is 3.43. The Morgan fingerprint density at radius 2 is 1.68 bits per heavy atom. The van der Waals surface area contributed by atoms with Crippen molar-refractivity contribution in [1.82, 2.24) is 0 Å². The smallest absolute Gasteiger partial charge is 0.328 e. The molecule has 1 heterocycles. The Morgan fingerprint density at radius 3 is 2.41 bits per heavy atom. The average Bonchev–Trinajstić information content (AvgIpc) is 2.54. The van der Waals surface area contributed by atoms with E-state index in [1.54, 1.807) is 6.07 Å². The molecule has 0 saturated carbocycles. The van der Waals surface area contributed by atoms with E-state index in [2.05, 4.69) is 0 Å². The van der Waals surface area contributed by atoms with Gasteiger partial charge < -0.3 is 5.11 Å². The molecular weight excluding hydrogens is 296 g/mol. The Hall–Kier alpha value is -2.72. The number of hydrogen-bond donors (Lipinski definition) is 1. The lowest BCUT2D eigenvalue weighted by atomic mass is 10.1. The van der Waals surface area contributed by atoms with Gasteiger partial charge in [0.2, 0.25) is 0 Å². The van der Waals surface area contributed by atoms with Crippen LogP contribution in [-0.2, 0) is 4.79 Å². The number of fused-ring (bicyclic) bond motifs is 1. The van der Waals surface area contributed by atoms with E-state index in [1.165, 1.54) is 17.4 Å².